The molecule has 0 amide bonds. The number of sulfone groups is 1. The van der Waals surface area contributed by atoms with Gasteiger partial charge in [0.05, 0.1) is 20.5 Å². The van der Waals surface area contributed by atoms with Crippen LogP contribution in [0, 0.1) is 6.92 Å². The molecule has 0 aliphatic rings. The van der Waals surface area contributed by atoms with Crippen molar-refractivity contribution in [2.24, 2.45) is 0 Å². The van der Waals surface area contributed by atoms with E-state index in [1.807, 2.05) is 0 Å². The lowest BCUT2D eigenvalue weighted by atomic mass is 10.1. The van der Waals surface area contributed by atoms with Crippen molar-refractivity contribution in [2.45, 2.75) is 18.4 Å². The first kappa shape index (κ1) is 17.8. The van der Waals surface area contributed by atoms with Crippen LogP contribution in [-0.2, 0) is 21.2 Å². The normalized spacial score (nSPS) is 11.3. The Kier molecular flexibility index (Phi) is 5.34. The number of aryl methyl sites for hydroxylation is 1. The fourth-order valence-electron chi connectivity index (χ4n) is 1.91. The van der Waals surface area contributed by atoms with Gasteiger partial charge in [0, 0.05) is 6.26 Å². The molecule has 0 saturated heterocycles. The number of hydrogen-bond donors (Lipinski definition) is 0. The highest BCUT2D eigenvalue weighted by atomic mass is 35.5. The molecule has 0 spiro atoms. The van der Waals surface area contributed by atoms with Gasteiger partial charge in [-0.1, -0.05) is 35.3 Å². The van der Waals surface area contributed by atoms with E-state index in [1.165, 1.54) is 12.1 Å². The first-order valence-corrected chi connectivity index (χ1v) is 9.25. The fraction of sp³-hybridized carbons (Fsp3) is 0.188. The van der Waals surface area contributed by atoms with E-state index in [1.54, 1.807) is 31.2 Å². The summed E-state index contributed by atoms with van der Waals surface area (Å²) >= 11 is 11.7. The third kappa shape index (κ3) is 4.47. The van der Waals surface area contributed by atoms with E-state index in [9.17, 15) is 13.2 Å². The van der Waals surface area contributed by atoms with Crippen LogP contribution in [0.3, 0.4) is 0 Å². The predicted molar refractivity (Wildman–Crippen MR) is 89.9 cm³/mol. The van der Waals surface area contributed by atoms with Gasteiger partial charge in [-0.2, -0.15) is 0 Å². The van der Waals surface area contributed by atoms with Crippen molar-refractivity contribution >= 4 is 39.0 Å². The van der Waals surface area contributed by atoms with E-state index in [0.717, 1.165) is 6.26 Å². The third-order valence-corrected chi connectivity index (χ3v) is 5.06. The molecule has 0 radical (unpaired) electrons. The summed E-state index contributed by atoms with van der Waals surface area (Å²) in [5, 5.41) is 0.786. The Morgan fingerprint density at radius 1 is 1.09 bits per heavy atom. The van der Waals surface area contributed by atoms with Gasteiger partial charge in [-0.15, -0.1) is 0 Å². The minimum atomic E-state index is -3.39. The lowest BCUT2D eigenvalue weighted by Crippen LogP contribution is -2.09. The van der Waals surface area contributed by atoms with Crippen molar-refractivity contribution in [1.82, 2.24) is 0 Å². The van der Waals surface area contributed by atoms with Gasteiger partial charge in [-0.25, -0.2) is 13.2 Å². The molecule has 0 aromatic heterocycles. The van der Waals surface area contributed by atoms with E-state index < -0.39 is 15.8 Å². The number of rotatable bonds is 4. The Bertz CT molecular complexity index is 860. The molecule has 4 nitrogen and oxygen atoms in total. The standard InChI is InChI=1S/C16H14Cl2O4S/c1-10-3-5-12(23(2,20)21)8-13(10)16(19)22-9-11-4-6-14(17)15(18)7-11/h3-8H,9H2,1-2H3. The minimum absolute atomic E-state index is 0.0122. The van der Waals surface area contributed by atoms with Gasteiger partial charge in [0.2, 0.25) is 0 Å². The number of ether oxygens (including phenoxy) is 1. The van der Waals surface area contributed by atoms with Crippen molar-refractivity contribution in [3.63, 3.8) is 0 Å². The lowest BCUT2D eigenvalue weighted by Gasteiger charge is -2.09. The maximum Gasteiger partial charge on any atom is 0.338 e. The third-order valence-electron chi connectivity index (χ3n) is 3.21. The largest absolute Gasteiger partial charge is 0.457 e. The second-order valence-electron chi connectivity index (χ2n) is 5.07. The monoisotopic (exact) mass is 372 g/mol. The van der Waals surface area contributed by atoms with Crippen LogP contribution in [0.25, 0.3) is 0 Å². The Hall–Kier alpha value is -1.56. The van der Waals surface area contributed by atoms with Crippen LogP contribution in [0.1, 0.15) is 21.5 Å². The molecule has 0 bridgehead atoms. The van der Waals surface area contributed by atoms with Crippen molar-refractivity contribution in [2.75, 3.05) is 6.26 Å². The van der Waals surface area contributed by atoms with Crippen LogP contribution in [0.15, 0.2) is 41.3 Å². The number of esters is 1. The van der Waals surface area contributed by atoms with Gasteiger partial charge < -0.3 is 4.74 Å². The molecule has 0 unspecified atom stereocenters. The molecule has 0 N–H and O–H groups in total. The smallest absolute Gasteiger partial charge is 0.338 e. The molecule has 0 heterocycles. The molecule has 0 saturated carbocycles. The summed E-state index contributed by atoms with van der Waals surface area (Å²) in [6.07, 6.45) is 1.09. The van der Waals surface area contributed by atoms with Crippen molar-refractivity contribution in [3.05, 3.63) is 63.1 Å². The second-order valence-corrected chi connectivity index (χ2v) is 7.90. The zero-order valence-corrected chi connectivity index (χ0v) is 14.8. The molecular weight excluding hydrogens is 359 g/mol. The molecule has 2 rings (SSSR count). The maximum atomic E-state index is 12.2. The maximum absolute atomic E-state index is 12.2. The number of carbonyl (C=O) groups excluding carboxylic acids is 1. The molecule has 2 aromatic rings. The molecule has 0 atom stereocenters. The predicted octanol–water partition coefficient (Wildman–Crippen LogP) is 4.06. The molecular formula is C16H14Cl2O4S. The summed E-state index contributed by atoms with van der Waals surface area (Å²) in [6.45, 7) is 1.72. The minimum Gasteiger partial charge on any atom is -0.457 e. The quantitative estimate of drug-likeness (QED) is 0.759. The Morgan fingerprint density at radius 3 is 2.39 bits per heavy atom. The topological polar surface area (TPSA) is 60.4 Å². The molecule has 7 heteroatoms. The molecule has 0 aliphatic heterocycles. The van der Waals surface area contributed by atoms with Crippen molar-refractivity contribution < 1.29 is 17.9 Å². The van der Waals surface area contributed by atoms with Gasteiger partial charge >= 0.3 is 5.97 Å². The summed E-state index contributed by atoms with van der Waals surface area (Å²) in [7, 11) is -3.39. The first-order chi connectivity index (χ1) is 10.7. The van der Waals surface area contributed by atoms with Crippen LogP contribution in [-0.4, -0.2) is 20.6 Å². The molecule has 0 fully saturated rings. The summed E-state index contributed by atoms with van der Waals surface area (Å²) in [4.78, 5) is 12.3. The number of benzene rings is 2. The molecule has 0 aliphatic carbocycles. The van der Waals surface area contributed by atoms with E-state index in [-0.39, 0.29) is 17.1 Å². The van der Waals surface area contributed by atoms with E-state index in [4.69, 9.17) is 27.9 Å². The first-order valence-electron chi connectivity index (χ1n) is 6.60. The number of hydrogen-bond acceptors (Lipinski definition) is 4. The highest BCUT2D eigenvalue weighted by Gasteiger charge is 2.15. The fourth-order valence-corrected chi connectivity index (χ4v) is 2.88. The van der Waals surface area contributed by atoms with Crippen LogP contribution >= 0.6 is 23.2 Å². The SMILES string of the molecule is Cc1ccc(S(C)(=O)=O)cc1C(=O)OCc1ccc(Cl)c(Cl)c1. The van der Waals surface area contributed by atoms with E-state index in [2.05, 4.69) is 0 Å². The van der Waals surface area contributed by atoms with E-state index in [0.29, 0.717) is 21.2 Å². The van der Waals surface area contributed by atoms with Crippen LogP contribution in [0.2, 0.25) is 10.0 Å². The zero-order valence-electron chi connectivity index (χ0n) is 12.5. The zero-order chi connectivity index (χ0) is 17.2. The Labute approximate surface area is 144 Å². The highest BCUT2D eigenvalue weighted by molar-refractivity contribution is 7.90. The summed E-state index contributed by atoms with van der Waals surface area (Å²) in [5.41, 5.74) is 1.54. The van der Waals surface area contributed by atoms with Crippen LogP contribution in [0.5, 0.6) is 0 Å². The second kappa shape index (κ2) is 6.91. The van der Waals surface area contributed by atoms with E-state index >= 15 is 0 Å². The average Bonchev–Trinajstić information content (AvgIpc) is 2.47. The van der Waals surface area contributed by atoms with Crippen LogP contribution < -0.4 is 0 Å². The molecule has 2 aromatic carbocycles. The summed E-state index contributed by atoms with van der Waals surface area (Å²) in [5.74, 6) is -0.598. The van der Waals surface area contributed by atoms with Crippen molar-refractivity contribution in [1.29, 1.82) is 0 Å². The average molecular weight is 373 g/mol. The molecule has 122 valence electrons. The summed E-state index contributed by atoms with van der Waals surface area (Å²) < 4.78 is 28.4. The highest BCUT2D eigenvalue weighted by Crippen LogP contribution is 2.23. The number of carbonyl (C=O) groups is 1. The Morgan fingerprint density at radius 2 is 1.78 bits per heavy atom. The van der Waals surface area contributed by atoms with Gasteiger partial charge in [0.1, 0.15) is 6.61 Å². The van der Waals surface area contributed by atoms with Crippen molar-refractivity contribution in [3.8, 4) is 0 Å². The van der Waals surface area contributed by atoms with Gasteiger partial charge in [0.25, 0.3) is 0 Å². The van der Waals surface area contributed by atoms with Crippen LogP contribution in [0.4, 0.5) is 0 Å². The van der Waals surface area contributed by atoms with Gasteiger partial charge in [-0.3, -0.25) is 0 Å². The summed E-state index contributed by atoms with van der Waals surface area (Å²) in [6, 6.07) is 9.27. The number of halogens is 2. The Balaban J connectivity index is 2.19. The van der Waals surface area contributed by atoms with Gasteiger partial charge in [-0.05, 0) is 42.3 Å². The van der Waals surface area contributed by atoms with Gasteiger partial charge in [0.15, 0.2) is 9.84 Å². The lowest BCUT2D eigenvalue weighted by molar-refractivity contribution is 0.0471. The molecule has 23 heavy (non-hydrogen) atoms.